The van der Waals surface area contributed by atoms with Crippen LogP contribution in [0.15, 0.2) is 42.7 Å². The largest absolute Gasteiger partial charge is 0.619 e. The van der Waals surface area contributed by atoms with Gasteiger partial charge in [-0.25, -0.2) is 8.78 Å². The summed E-state index contributed by atoms with van der Waals surface area (Å²) in [6, 6.07) is 5.10. The van der Waals surface area contributed by atoms with E-state index in [-0.39, 0.29) is 11.1 Å². The summed E-state index contributed by atoms with van der Waals surface area (Å²) in [5.41, 5.74) is 0.264. The molecule has 0 aliphatic rings. The second kappa shape index (κ2) is 6.48. The molecular formula is C15H14F2N2O3. The lowest BCUT2D eigenvalue weighted by atomic mass is 10.0. The maximum absolute atomic E-state index is 13.2. The Morgan fingerprint density at radius 3 is 2.68 bits per heavy atom. The van der Waals surface area contributed by atoms with E-state index < -0.39 is 29.7 Å². The van der Waals surface area contributed by atoms with Crippen LogP contribution in [0, 0.1) is 16.8 Å². The molecule has 0 spiro atoms. The minimum atomic E-state index is -1.22. The molecule has 1 heterocycles. The number of nitrogens with one attached hydrogen (secondary N) is 1. The van der Waals surface area contributed by atoms with E-state index in [9.17, 15) is 23.9 Å². The smallest absolute Gasteiger partial charge is 0.257 e. The molecule has 0 radical (unpaired) electrons. The van der Waals surface area contributed by atoms with E-state index in [1.807, 2.05) is 0 Å². The molecule has 2 aromatic rings. The van der Waals surface area contributed by atoms with Gasteiger partial charge in [-0.05, 0) is 30.7 Å². The molecule has 0 bridgehead atoms. The molecule has 1 amide bonds. The lowest BCUT2D eigenvalue weighted by molar-refractivity contribution is -0.605. The van der Waals surface area contributed by atoms with Crippen LogP contribution in [0.5, 0.6) is 0 Å². The SMILES string of the molecule is CC(NC(=O)c1ccc[n+]([O-])c1)C(O)c1ccc(F)c(F)c1. The van der Waals surface area contributed by atoms with Gasteiger partial charge in [0, 0.05) is 6.07 Å². The second-order valence-electron chi connectivity index (χ2n) is 4.83. The van der Waals surface area contributed by atoms with Gasteiger partial charge < -0.3 is 15.6 Å². The standard InChI is InChI=1S/C15H14F2N2O3/c1-9(14(20)10-4-5-12(16)13(17)7-10)18-15(21)11-3-2-6-19(22)8-11/h2-9,14,20H,1H3,(H,18,21). The molecule has 22 heavy (non-hydrogen) atoms. The van der Waals surface area contributed by atoms with Gasteiger partial charge in [-0.1, -0.05) is 6.07 Å². The lowest BCUT2D eigenvalue weighted by Crippen LogP contribution is -2.38. The summed E-state index contributed by atoms with van der Waals surface area (Å²) in [5.74, 6) is -2.65. The molecule has 2 unspecified atom stereocenters. The summed E-state index contributed by atoms with van der Waals surface area (Å²) < 4.78 is 26.5. The molecule has 0 aliphatic heterocycles. The van der Waals surface area contributed by atoms with Crippen LogP contribution >= 0.6 is 0 Å². The molecule has 1 aromatic carbocycles. The average molecular weight is 308 g/mol. The number of pyridine rings is 1. The summed E-state index contributed by atoms with van der Waals surface area (Å²) in [7, 11) is 0. The number of carbonyl (C=O) groups is 1. The quantitative estimate of drug-likeness (QED) is 0.663. The normalized spacial score (nSPS) is 13.5. The van der Waals surface area contributed by atoms with Crippen molar-refractivity contribution in [3.63, 3.8) is 0 Å². The number of nitrogens with zero attached hydrogens (tertiary/aromatic N) is 1. The van der Waals surface area contributed by atoms with E-state index in [1.54, 1.807) is 0 Å². The number of carbonyl (C=O) groups excluding carboxylic acids is 1. The Morgan fingerprint density at radius 2 is 2.05 bits per heavy atom. The maximum atomic E-state index is 13.2. The number of halogens is 2. The topological polar surface area (TPSA) is 76.3 Å². The summed E-state index contributed by atoms with van der Waals surface area (Å²) in [5, 5.41) is 23.7. The van der Waals surface area contributed by atoms with Gasteiger partial charge in [-0.3, -0.25) is 4.79 Å². The Morgan fingerprint density at radius 1 is 1.32 bits per heavy atom. The van der Waals surface area contributed by atoms with Crippen LogP contribution < -0.4 is 10.0 Å². The summed E-state index contributed by atoms with van der Waals surface area (Å²) in [6.07, 6.45) is 1.10. The van der Waals surface area contributed by atoms with Crippen LogP contribution in [-0.2, 0) is 0 Å². The highest BCUT2D eigenvalue weighted by atomic mass is 19.2. The molecule has 0 aliphatic carbocycles. The first-order valence-electron chi connectivity index (χ1n) is 6.51. The zero-order valence-corrected chi connectivity index (χ0v) is 11.7. The van der Waals surface area contributed by atoms with Crippen LogP contribution in [0.4, 0.5) is 8.78 Å². The van der Waals surface area contributed by atoms with Crippen LogP contribution in [0.3, 0.4) is 0 Å². The van der Waals surface area contributed by atoms with Gasteiger partial charge in [0.2, 0.25) is 0 Å². The highest BCUT2D eigenvalue weighted by Crippen LogP contribution is 2.19. The molecule has 7 heteroatoms. The fourth-order valence-electron chi connectivity index (χ4n) is 1.94. The average Bonchev–Trinajstić information content (AvgIpc) is 2.49. The molecule has 0 saturated heterocycles. The third kappa shape index (κ3) is 3.56. The second-order valence-corrected chi connectivity index (χ2v) is 4.83. The van der Waals surface area contributed by atoms with Crippen LogP contribution in [0.25, 0.3) is 0 Å². The Kier molecular flexibility index (Phi) is 4.67. The number of amides is 1. The number of aromatic nitrogens is 1. The molecular weight excluding hydrogens is 294 g/mol. The highest BCUT2D eigenvalue weighted by molar-refractivity contribution is 5.93. The van der Waals surface area contributed by atoms with Crippen molar-refractivity contribution in [3.05, 3.63) is 70.7 Å². The van der Waals surface area contributed by atoms with Gasteiger partial charge in [0.1, 0.15) is 5.56 Å². The Hall–Kier alpha value is -2.54. The van der Waals surface area contributed by atoms with E-state index in [1.165, 1.54) is 31.3 Å². The van der Waals surface area contributed by atoms with Gasteiger partial charge in [0.25, 0.3) is 5.91 Å². The maximum Gasteiger partial charge on any atom is 0.257 e. The third-order valence-electron chi connectivity index (χ3n) is 3.15. The predicted molar refractivity (Wildman–Crippen MR) is 73.6 cm³/mol. The third-order valence-corrected chi connectivity index (χ3v) is 3.15. The number of rotatable bonds is 4. The van der Waals surface area contributed by atoms with Gasteiger partial charge in [0.05, 0.1) is 12.1 Å². The highest BCUT2D eigenvalue weighted by Gasteiger charge is 2.21. The first-order valence-corrected chi connectivity index (χ1v) is 6.51. The van der Waals surface area contributed by atoms with Crippen molar-refractivity contribution in [3.8, 4) is 0 Å². The minimum Gasteiger partial charge on any atom is -0.619 e. The van der Waals surface area contributed by atoms with Gasteiger partial charge in [-0.15, -0.1) is 0 Å². The first-order chi connectivity index (χ1) is 10.4. The monoisotopic (exact) mass is 308 g/mol. The Bertz CT molecular complexity index is 694. The molecule has 2 rings (SSSR count). The summed E-state index contributed by atoms with van der Waals surface area (Å²) >= 11 is 0. The van der Waals surface area contributed by atoms with Crippen molar-refractivity contribution in [1.29, 1.82) is 0 Å². The van der Waals surface area contributed by atoms with Gasteiger partial charge >= 0.3 is 0 Å². The van der Waals surface area contributed by atoms with Crippen molar-refractivity contribution < 1.29 is 23.4 Å². The first kappa shape index (κ1) is 15.8. The molecule has 116 valence electrons. The molecule has 5 nitrogen and oxygen atoms in total. The summed E-state index contributed by atoms with van der Waals surface area (Å²) in [4.78, 5) is 12.0. The van der Waals surface area contributed by atoms with E-state index in [2.05, 4.69) is 5.32 Å². The van der Waals surface area contributed by atoms with Crippen molar-refractivity contribution in [1.82, 2.24) is 5.32 Å². The zero-order chi connectivity index (χ0) is 16.3. The van der Waals surface area contributed by atoms with Gasteiger partial charge in [-0.2, -0.15) is 4.73 Å². The van der Waals surface area contributed by atoms with Crippen LogP contribution in [0.1, 0.15) is 28.9 Å². The van der Waals surface area contributed by atoms with E-state index in [4.69, 9.17) is 0 Å². The van der Waals surface area contributed by atoms with E-state index in [0.29, 0.717) is 4.73 Å². The molecule has 1 aromatic heterocycles. The van der Waals surface area contributed by atoms with Crippen LogP contribution in [0.2, 0.25) is 0 Å². The van der Waals surface area contributed by atoms with Crippen LogP contribution in [-0.4, -0.2) is 17.1 Å². The number of aliphatic hydroxyl groups excluding tert-OH is 1. The van der Waals surface area contributed by atoms with Crippen molar-refractivity contribution in [2.75, 3.05) is 0 Å². The predicted octanol–water partition coefficient (Wildman–Crippen LogP) is 1.45. The zero-order valence-electron chi connectivity index (χ0n) is 11.7. The fraction of sp³-hybridized carbons (Fsp3) is 0.200. The minimum absolute atomic E-state index is 0.127. The Balaban J connectivity index is 2.09. The Labute approximate surface area is 125 Å². The molecule has 2 atom stereocenters. The van der Waals surface area contributed by atoms with Crippen molar-refractivity contribution >= 4 is 5.91 Å². The van der Waals surface area contributed by atoms with Crippen molar-refractivity contribution in [2.45, 2.75) is 19.1 Å². The number of hydrogen-bond donors (Lipinski definition) is 2. The van der Waals surface area contributed by atoms with E-state index in [0.717, 1.165) is 18.3 Å². The molecule has 0 fully saturated rings. The fourth-order valence-corrected chi connectivity index (χ4v) is 1.94. The number of aliphatic hydroxyl groups is 1. The molecule has 0 saturated carbocycles. The van der Waals surface area contributed by atoms with Crippen molar-refractivity contribution in [2.24, 2.45) is 0 Å². The van der Waals surface area contributed by atoms with E-state index >= 15 is 0 Å². The number of hydrogen-bond acceptors (Lipinski definition) is 3. The van der Waals surface area contributed by atoms with Gasteiger partial charge in [0.15, 0.2) is 24.0 Å². The lowest BCUT2D eigenvalue weighted by Gasteiger charge is -2.20. The molecule has 2 N–H and O–H groups in total. The number of benzene rings is 1. The summed E-state index contributed by atoms with van der Waals surface area (Å²) in [6.45, 7) is 1.51.